The van der Waals surface area contributed by atoms with E-state index < -0.39 is 17.0 Å². The summed E-state index contributed by atoms with van der Waals surface area (Å²) in [5, 5.41) is 28.6. The maximum absolute atomic E-state index is 10.6. The first kappa shape index (κ1) is 12.1. The van der Waals surface area contributed by atoms with Crippen LogP contribution in [0.2, 0.25) is 0 Å². The molecule has 0 aliphatic rings. The molecule has 0 bridgehead atoms. The zero-order chi connectivity index (χ0) is 12.5. The molecule has 0 spiro atoms. The highest BCUT2D eigenvalue weighted by Crippen LogP contribution is 2.26. The van der Waals surface area contributed by atoms with Crippen LogP contribution in [0.5, 0.6) is 0 Å². The lowest BCUT2D eigenvalue weighted by atomic mass is 9.99. The van der Waals surface area contributed by atoms with Gasteiger partial charge in [-0.15, -0.1) is 0 Å². The Kier molecular flexibility index (Phi) is 3.24. The van der Waals surface area contributed by atoms with E-state index in [0.717, 1.165) is 0 Å². The predicted molar refractivity (Wildman–Crippen MR) is 55.2 cm³/mol. The van der Waals surface area contributed by atoms with E-state index in [-0.39, 0.29) is 11.3 Å². The van der Waals surface area contributed by atoms with Crippen LogP contribution in [-0.4, -0.2) is 21.1 Å². The fourth-order valence-corrected chi connectivity index (χ4v) is 1.45. The number of aliphatic carboxylic acids is 1. The van der Waals surface area contributed by atoms with Gasteiger partial charge in [-0.25, -0.2) is 4.79 Å². The highest BCUT2D eigenvalue weighted by Gasteiger charge is 2.21. The van der Waals surface area contributed by atoms with Gasteiger partial charge in [-0.3, -0.25) is 10.1 Å². The second kappa shape index (κ2) is 4.28. The molecule has 0 saturated heterocycles. The van der Waals surface area contributed by atoms with Gasteiger partial charge in [-0.2, -0.15) is 0 Å². The monoisotopic (exact) mass is 225 g/mol. The molecule has 16 heavy (non-hydrogen) atoms. The number of carboxylic acids is 1. The molecule has 6 nitrogen and oxygen atoms in total. The lowest BCUT2D eigenvalue weighted by molar-refractivity contribution is -0.385. The highest BCUT2D eigenvalue weighted by molar-refractivity contribution is 5.75. The summed E-state index contributed by atoms with van der Waals surface area (Å²) in [7, 11) is 0. The molecule has 0 aliphatic heterocycles. The van der Waals surface area contributed by atoms with Gasteiger partial charge in [-0.05, 0) is 31.0 Å². The topological polar surface area (TPSA) is 101 Å². The number of hydrogen-bond acceptors (Lipinski definition) is 4. The van der Waals surface area contributed by atoms with Crippen LogP contribution >= 0.6 is 0 Å². The number of aliphatic hydroxyl groups excluding tert-OH is 1. The summed E-state index contributed by atoms with van der Waals surface area (Å²) in [6.07, 6.45) is -1.65. The molecule has 0 fully saturated rings. The Morgan fingerprint density at radius 2 is 1.94 bits per heavy atom. The van der Waals surface area contributed by atoms with E-state index in [1.165, 1.54) is 26.0 Å². The van der Waals surface area contributed by atoms with Gasteiger partial charge in [0.1, 0.15) is 0 Å². The second-order valence-corrected chi connectivity index (χ2v) is 3.49. The van der Waals surface area contributed by atoms with Crippen LogP contribution in [0.15, 0.2) is 12.1 Å². The number of carboxylic acid groups (broad SMARTS) is 1. The zero-order valence-corrected chi connectivity index (χ0v) is 8.80. The summed E-state index contributed by atoms with van der Waals surface area (Å²) in [6, 6.07) is 2.59. The van der Waals surface area contributed by atoms with Crippen LogP contribution in [0.25, 0.3) is 0 Å². The Balaban J connectivity index is 3.31. The van der Waals surface area contributed by atoms with Crippen molar-refractivity contribution in [3.05, 3.63) is 38.9 Å². The first-order valence-electron chi connectivity index (χ1n) is 4.51. The summed E-state index contributed by atoms with van der Waals surface area (Å²) in [6.45, 7) is 3.02. The molecule has 0 radical (unpaired) electrons. The third-order valence-corrected chi connectivity index (χ3v) is 2.31. The van der Waals surface area contributed by atoms with Crippen molar-refractivity contribution in [3.8, 4) is 0 Å². The minimum absolute atomic E-state index is 0.0844. The number of carbonyl (C=O) groups is 1. The van der Waals surface area contributed by atoms with E-state index in [9.17, 15) is 20.0 Å². The van der Waals surface area contributed by atoms with Crippen LogP contribution in [0.3, 0.4) is 0 Å². The van der Waals surface area contributed by atoms with Crippen molar-refractivity contribution in [1.29, 1.82) is 0 Å². The van der Waals surface area contributed by atoms with Crippen molar-refractivity contribution < 1.29 is 19.9 Å². The number of nitro groups is 1. The van der Waals surface area contributed by atoms with E-state index in [1.807, 2.05) is 0 Å². The van der Waals surface area contributed by atoms with Crippen molar-refractivity contribution in [2.45, 2.75) is 20.0 Å². The van der Waals surface area contributed by atoms with Crippen LogP contribution in [0, 0.1) is 24.0 Å². The molecule has 0 saturated carbocycles. The summed E-state index contributed by atoms with van der Waals surface area (Å²) in [5.41, 5.74) is 0.799. The second-order valence-electron chi connectivity index (χ2n) is 3.49. The predicted octanol–water partition coefficient (Wildman–Crippen LogP) is 1.33. The zero-order valence-electron chi connectivity index (χ0n) is 8.80. The molecule has 1 unspecified atom stereocenters. The maximum atomic E-state index is 10.6. The molecule has 0 aromatic heterocycles. The lowest BCUT2D eigenvalue weighted by Gasteiger charge is -2.10. The molecule has 6 heteroatoms. The van der Waals surface area contributed by atoms with Gasteiger partial charge >= 0.3 is 5.97 Å². The van der Waals surface area contributed by atoms with Gasteiger partial charge in [0, 0.05) is 11.6 Å². The SMILES string of the molecule is Cc1cc([N+](=O)[O-])c(C)cc1C(O)C(=O)O. The minimum atomic E-state index is -1.65. The molecular weight excluding hydrogens is 214 g/mol. The quantitative estimate of drug-likeness (QED) is 0.597. The van der Waals surface area contributed by atoms with Gasteiger partial charge in [0.15, 0.2) is 6.10 Å². The van der Waals surface area contributed by atoms with Gasteiger partial charge < -0.3 is 10.2 Å². The van der Waals surface area contributed by atoms with Crippen molar-refractivity contribution in [2.24, 2.45) is 0 Å². The van der Waals surface area contributed by atoms with Crippen LogP contribution in [0.1, 0.15) is 22.8 Å². The normalized spacial score (nSPS) is 12.2. The van der Waals surface area contributed by atoms with Gasteiger partial charge in [0.05, 0.1) is 4.92 Å². The van der Waals surface area contributed by atoms with Crippen molar-refractivity contribution in [2.75, 3.05) is 0 Å². The van der Waals surface area contributed by atoms with Crippen LogP contribution in [0.4, 0.5) is 5.69 Å². The van der Waals surface area contributed by atoms with E-state index in [0.29, 0.717) is 11.1 Å². The van der Waals surface area contributed by atoms with Gasteiger partial charge in [-0.1, -0.05) is 0 Å². The first-order chi connectivity index (χ1) is 7.34. The molecule has 1 rings (SSSR count). The molecule has 86 valence electrons. The van der Waals surface area contributed by atoms with Crippen LogP contribution < -0.4 is 0 Å². The standard InChI is InChI=1S/C10H11NO5/c1-5-4-8(11(15)16)6(2)3-7(5)9(12)10(13)14/h3-4,9,12H,1-2H3,(H,13,14). The number of benzene rings is 1. The first-order valence-corrected chi connectivity index (χ1v) is 4.51. The molecule has 2 N–H and O–H groups in total. The third-order valence-electron chi connectivity index (χ3n) is 2.31. The molecule has 0 heterocycles. The number of nitrogens with zero attached hydrogens (tertiary/aromatic N) is 1. The molecule has 0 amide bonds. The Morgan fingerprint density at radius 3 is 2.38 bits per heavy atom. The van der Waals surface area contributed by atoms with Gasteiger partial charge in [0.2, 0.25) is 0 Å². The number of rotatable bonds is 3. The van der Waals surface area contributed by atoms with E-state index >= 15 is 0 Å². The van der Waals surface area contributed by atoms with E-state index in [4.69, 9.17) is 5.11 Å². The number of hydrogen-bond donors (Lipinski definition) is 2. The van der Waals surface area contributed by atoms with Crippen LogP contribution in [-0.2, 0) is 4.79 Å². The summed E-state index contributed by atoms with van der Waals surface area (Å²) >= 11 is 0. The van der Waals surface area contributed by atoms with Crippen molar-refractivity contribution >= 4 is 11.7 Å². The summed E-state index contributed by atoms with van der Waals surface area (Å²) in [5.74, 6) is -1.38. The number of nitro benzene ring substituents is 1. The fraction of sp³-hybridized carbons (Fsp3) is 0.300. The summed E-state index contributed by atoms with van der Waals surface area (Å²) in [4.78, 5) is 20.7. The third kappa shape index (κ3) is 2.17. The molecular formula is C10H11NO5. The number of aliphatic hydroxyl groups is 1. The van der Waals surface area contributed by atoms with E-state index in [2.05, 4.69) is 0 Å². The molecule has 1 atom stereocenters. The summed E-state index contributed by atoms with van der Waals surface area (Å²) < 4.78 is 0. The Labute approximate surface area is 91.3 Å². The van der Waals surface area contributed by atoms with Crippen molar-refractivity contribution in [1.82, 2.24) is 0 Å². The fourth-order valence-electron chi connectivity index (χ4n) is 1.45. The Bertz CT molecular complexity index is 455. The smallest absolute Gasteiger partial charge is 0.337 e. The molecule has 1 aromatic carbocycles. The lowest BCUT2D eigenvalue weighted by Crippen LogP contribution is -2.12. The number of aryl methyl sites for hydroxylation is 2. The average molecular weight is 225 g/mol. The molecule has 0 aliphatic carbocycles. The van der Waals surface area contributed by atoms with Gasteiger partial charge in [0.25, 0.3) is 5.69 Å². The average Bonchev–Trinajstić information content (AvgIpc) is 2.19. The largest absolute Gasteiger partial charge is 0.479 e. The Hall–Kier alpha value is -1.95. The minimum Gasteiger partial charge on any atom is -0.479 e. The highest BCUT2D eigenvalue weighted by atomic mass is 16.6. The Morgan fingerprint density at radius 1 is 1.38 bits per heavy atom. The maximum Gasteiger partial charge on any atom is 0.337 e. The van der Waals surface area contributed by atoms with E-state index in [1.54, 1.807) is 0 Å². The molecule has 1 aromatic rings. The van der Waals surface area contributed by atoms with Crippen molar-refractivity contribution in [3.63, 3.8) is 0 Å².